The van der Waals surface area contributed by atoms with E-state index in [1.54, 1.807) is 18.2 Å². The van der Waals surface area contributed by atoms with E-state index < -0.39 is 22.1 Å². The van der Waals surface area contributed by atoms with Crippen LogP contribution in [0.25, 0.3) is 11.0 Å². The second-order valence-corrected chi connectivity index (χ2v) is 9.13. The third-order valence-electron chi connectivity index (χ3n) is 5.03. The summed E-state index contributed by atoms with van der Waals surface area (Å²) in [6, 6.07) is 17.1. The molecule has 4 N–H and O–H groups in total. The van der Waals surface area contributed by atoms with E-state index in [9.17, 15) is 19.0 Å². The summed E-state index contributed by atoms with van der Waals surface area (Å²) >= 11 is 6.00. The highest BCUT2D eigenvalue weighted by Crippen LogP contribution is 2.55. The topological polar surface area (TPSA) is 133 Å². The van der Waals surface area contributed by atoms with Gasteiger partial charge in [-0.1, -0.05) is 64.8 Å². The summed E-state index contributed by atoms with van der Waals surface area (Å²) in [6.45, 7) is 0.139. The number of nitrogens with one attached hydrogen (secondary N) is 1. The third-order valence-corrected chi connectivity index (χ3v) is 6.59. The van der Waals surface area contributed by atoms with Gasteiger partial charge in [0.05, 0.1) is 17.6 Å². The Kier molecular flexibility index (Phi) is 4.86. The van der Waals surface area contributed by atoms with E-state index in [1.165, 1.54) is 16.7 Å². The van der Waals surface area contributed by atoms with Crippen molar-refractivity contribution in [3.8, 4) is 5.75 Å². The van der Waals surface area contributed by atoms with Crippen LogP contribution in [0.5, 0.6) is 5.75 Å². The van der Waals surface area contributed by atoms with Crippen molar-refractivity contribution < 1.29 is 14.2 Å². The van der Waals surface area contributed by atoms with Crippen LogP contribution in [0.2, 0.25) is 5.15 Å². The maximum Gasteiger partial charge on any atom is 0.267 e. The van der Waals surface area contributed by atoms with Crippen LogP contribution in [0, 0.1) is 0 Å². The maximum atomic E-state index is 13.5. The minimum Gasteiger partial charge on any atom is -0.506 e. The van der Waals surface area contributed by atoms with E-state index in [0.29, 0.717) is 5.69 Å². The van der Waals surface area contributed by atoms with Crippen molar-refractivity contribution in [1.82, 2.24) is 14.8 Å². The zero-order chi connectivity index (χ0) is 22.5. The molecule has 11 heteroatoms. The van der Waals surface area contributed by atoms with Crippen LogP contribution < -0.4 is 10.9 Å². The summed E-state index contributed by atoms with van der Waals surface area (Å²) in [5.74, 6) is -0.602. The second-order valence-electron chi connectivity index (χ2n) is 7.08. The highest BCUT2D eigenvalue weighted by Gasteiger charge is 2.30. The van der Waals surface area contributed by atoms with E-state index in [1.807, 2.05) is 30.3 Å². The fourth-order valence-electron chi connectivity index (χ4n) is 3.57. The first-order valence-electron chi connectivity index (χ1n) is 9.42. The molecule has 0 unspecified atom stereocenters. The Morgan fingerprint density at radius 1 is 1.03 bits per heavy atom. The van der Waals surface area contributed by atoms with Crippen LogP contribution in [0.15, 0.2) is 74.8 Å². The smallest absolute Gasteiger partial charge is 0.267 e. The average Bonchev–Trinajstić information content (AvgIpc) is 2.77. The molecule has 0 amide bonds. The van der Waals surface area contributed by atoms with Gasteiger partial charge in [-0.25, -0.2) is 0 Å². The first-order chi connectivity index (χ1) is 15.3. The number of aromatic nitrogens is 3. The van der Waals surface area contributed by atoms with Crippen LogP contribution in [-0.2, 0) is 6.54 Å². The van der Waals surface area contributed by atoms with Crippen molar-refractivity contribution in [1.29, 1.82) is 0 Å². The molecule has 1 aliphatic heterocycles. The van der Waals surface area contributed by atoms with Crippen LogP contribution in [-0.4, -0.2) is 34.8 Å². The number of hydrogen-bond donors (Lipinski definition) is 4. The molecule has 32 heavy (non-hydrogen) atoms. The SMILES string of the molecule is O=c1c(C2=NS(O)(O)c3ccccc3N2)c(O)c2cc(Cl)nnc2n1Cc1ccccc1. The molecule has 0 radical (unpaired) electrons. The predicted molar refractivity (Wildman–Crippen MR) is 124 cm³/mol. The highest BCUT2D eigenvalue weighted by atomic mass is 35.5. The number of anilines is 1. The lowest BCUT2D eigenvalue weighted by Gasteiger charge is -2.34. The van der Waals surface area contributed by atoms with Gasteiger partial charge < -0.3 is 10.4 Å². The van der Waals surface area contributed by atoms with E-state index in [4.69, 9.17) is 11.6 Å². The number of halogens is 1. The number of fused-ring (bicyclic) bond motifs is 2. The molecule has 0 aliphatic carbocycles. The molecule has 0 bridgehead atoms. The van der Waals surface area contributed by atoms with Gasteiger partial charge in [0.15, 0.2) is 16.6 Å². The molecular formula is C21H16ClN5O4S. The zero-order valence-electron chi connectivity index (χ0n) is 16.3. The molecular weight excluding hydrogens is 454 g/mol. The van der Waals surface area contributed by atoms with Gasteiger partial charge in [-0.3, -0.25) is 18.5 Å². The summed E-state index contributed by atoms with van der Waals surface area (Å²) in [5.41, 5.74) is 0.463. The average molecular weight is 470 g/mol. The van der Waals surface area contributed by atoms with Crippen molar-refractivity contribution in [2.24, 2.45) is 4.40 Å². The quantitative estimate of drug-likeness (QED) is 0.355. The Bertz CT molecular complexity index is 1460. The molecule has 0 spiro atoms. The van der Waals surface area contributed by atoms with Crippen molar-refractivity contribution >= 4 is 44.9 Å². The Morgan fingerprint density at radius 2 is 1.75 bits per heavy atom. The minimum absolute atomic E-state index is 0.0248. The van der Waals surface area contributed by atoms with Crippen molar-refractivity contribution in [2.75, 3.05) is 5.32 Å². The van der Waals surface area contributed by atoms with Crippen LogP contribution >= 0.6 is 22.4 Å². The lowest BCUT2D eigenvalue weighted by molar-refractivity contribution is 0.477. The number of benzene rings is 2. The standard InChI is InChI=1S/C21H16ClN5O4S/c22-16-10-13-18(28)17(19-23-14-8-4-5-9-15(14)32(30,31)26-19)21(29)27(20(13)25-24-16)11-12-6-2-1-3-7-12/h1-10,28,30-31H,11H2,(H,23,26). The fraction of sp³-hybridized carbons (Fsp3) is 0.0476. The van der Waals surface area contributed by atoms with E-state index in [2.05, 4.69) is 19.9 Å². The van der Waals surface area contributed by atoms with Crippen LogP contribution in [0.4, 0.5) is 5.69 Å². The van der Waals surface area contributed by atoms with Crippen molar-refractivity contribution in [2.45, 2.75) is 11.4 Å². The molecule has 5 rings (SSSR count). The van der Waals surface area contributed by atoms with Crippen LogP contribution in [0.3, 0.4) is 0 Å². The van der Waals surface area contributed by atoms with E-state index >= 15 is 0 Å². The van der Waals surface area contributed by atoms with Gasteiger partial charge in [0, 0.05) is 0 Å². The number of aromatic hydroxyl groups is 1. The number of rotatable bonds is 3. The van der Waals surface area contributed by atoms with E-state index in [-0.39, 0.29) is 39.0 Å². The molecule has 9 nitrogen and oxygen atoms in total. The first-order valence-corrected chi connectivity index (χ1v) is 11.3. The number of pyridine rings is 1. The summed E-state index contributed by atoms with van der Waals surface area (Å²) < 4.78 is 26.5. The minimum atomic E-state index is -3.59. The molecule has 0 fully saturated rings. The molecule has 4 aromatic rings. The molecule has 0 saturated heterocycles. The summed E-state index contributed by atoms with van der Waals surface area (Å²) in [5, 5.41) is 22.0. The molecule has 2 aromatic carbocycles. The number of hydrogen-bond acceptors (Lipinski definition) is 8. The molecule has 2 aromatic heterocycles. The normalized spacial score (nSPS) is 15.5. The summed E-state index contributed by atoms with van der Waals surface area (Å²) in [4.78, 5) is 13.7. The Labute approximate surface area is 188 Å². The molecule has 1 aliphatic rings. The van der Waals surface area contributed by atoms with E-state index in [0.717, 1.165) is 5.56 Å². The third kappa shape index (κ3) is 3.39. The van der Waals surface area contributed by atoms with Crippen LogP contribution in [0.1, 0.15) is 11.1 Å². The van der Waals surface area contributed by atoms with Gasteiger partial charge in [-0.2, -0.15) is 0 Å². The van der Waals surface area contributed by atoms with Gasteiger partial charge >= 0.3 is 0 Å². The Balaban J connectivity index is 1.77. The lowest BCUT2D eigenvalue weighted by atomic mass is 10.1. The lowest BCUT2D eigenvalue weighted by Crippen LogP contribution is -2.32. The van der Waals surface area contributed by atoms with Crippen molar-refractivity contribution in [3.05, 3.63) is 87.3 Å². The molecule has 0 atom stereocenters. The number of nitrogens with zero attached hydrogens (tertiary/aromatic N) is 4. The molecule has 162 valence electrons. The largest absolute Gasteiger partial charge is 0.506 e. The highest BCUT2D eigenvalue weighted by molar-refractivity contribution is 8.23. The van der Waals surface area contributed by atoms with Gasteiger partial charge in [-0.15, -0.1) is 14.6 Å². The number of para-hydroxylation sites is 1. The molecule has 0 saturated carbocycles. The molecule has 3 heterocycles. The second kappa shape index (κ2) is 7.61. The summed E-state index contributed by atoms with van der Waals surface area (Å²) in [7, 11) is -3.59. The maximum absolute atomic E-state index is 13.5. The predicted octanol–water partition coefficient (Wildman–Crippen LogP) is 4.10. The van der Waals surface area contributed by atoms with Gasteiger partial charge in [0.2, 0.25) is 0 Å². The summed E-state index contributed by atoms with van der Waals surface area (Å²) in [6.07, 6.45) is 0. The van der Waals surface area contributed by atoms with Gasteiger partial charge in [-0.05, 0) is 23.8 Å². The number of amidine groups is 1. The Hall–Kier alpha value is -3.44. The zero-order valence-corrected chi connectivity index (χ0v) is 17.9. The van der Waals surface area contributed by atoms with Gasteiger partial charge in [0.25, 0.3) is 5.56 Å². The van der Waals surface area contributed by atoms with Gasteiger partial charge in [0.1, 0.15) is 16.2 Å². The fourth-order valence-corrected chi connectivity index (χ4v) is 4.88. The van der Waals surface area contributed by atoms with Crippen molar-refractivity contribution in [3.63, 3.8) is 0 Å². The monoisotopic (exact) mass is 469 g/mol. The Morgan fingerprint density at radius 3 is 2.53 bits per heavy atom. The first kappa shape index (κ1) is 20.5.